The van der Waals surface area contributed by atoms with E-state index in [-0.39, 0.29) is 24.0 Å². The Hall–Kier alpha value is -4.12. The monoisotopic (exact) mass is 473 g/mol. The molecule has 0 radical (unpaired) electrons. The van der Waals surface area contributed by atoms with Crippen LogP contribution in [0.2, 0.25) is 0 Å². The van der Waals surface area contributed by atoms with Gasteiger partial charge in [-0.2, -0.15) is 10.4 Å². The summed E-state index contributed by atoms with van der Waals surface area (Å²) in [4.78, 5) is 12.6. The predicted molar refractivity (Wildman–Crippen MR) is 133 cm³/mol. The van der Waals surface area contributed by atoms with E-state index in [0.29, 0.717) is 42.2 Å². The van der Waals surface area contributed by atoms with Gasteiger partial charge in [0.2, 0.25) is 5.91 Å². The van der Waals surface area contributed by atoms with E-state index in [9.17, 15) is 14.4 Å². The van der Waals surface area contributed by atoms with Crippen molar-refractivity contribution in [1.82, 2.24) is 15.1 Å². The van der Waals surface area contributed by atoms with Crippen molar-refractivity contribution in [2.45, 2.75) is 46.0 Å². The maximum Gasteiger partial charge on any atom is 0.224 e. The first-order valence-electron chi connectivity index (χ1n) is 11.6. The summed E-state index contributed by atoms with van der Waals surface area (Å²) in [6.45, 7) is 6.79. The second-order valence-electron chi connectivity index (χ2n) is 8.96. The van der Waals surface area contributed by atoms with Crippen LogP contribution >= 0.6 is 0 Å². The smallest absolute Gasteiger partial charge is 0.224 e. The molecule has 0 fully saturated rings. The number of aryl methyl sites for hydroxylation is 2. The van der Waals surface area contributed by atoms with E-state index in [0.717, 1.165) is 16.5 Å². The molecular formula is C27H28FN5O2. The number of hydrogen-bond donors (Lipinski definition) is 2. The lowest BCUT2D eigenvalue weighted by Crippen LogP contribution is -2.26. The fourth-order valence-electron chi connectivity index (χ4n) is 4.28. The molecular weight excluding hydrogens is 445 g/mol. The fourth-order valence-corrected chi connectivity index (χ4v) is 4.28. The van der Waals surface area contributed by atoms with Crippen molar-refractivity contribution in [2.75, 3.05) is 12.3 Å². The van der Waals surface area contributed by atoms with Crippen molar-refractivity contribution in [1.29, 1.82) is 5.26 Å². The quantitative estimate of drug-likeness (QED) is 0.353. The second kappa shape index (κ2) is 10.0. The van der Waals surface area contributed by atoms with Crippen molar-refractivity contribution >= 4 is 22.7 Å². The van der Waals surface area contributed by atoms with Gasteiger partial charge in [-0.05, 0) is 73.2 Å². The summed E-state index contributed by atoms with van der Waals surface area (Å²) in [5.41, 5.74) is 11.6. The standard InChI is InChI=1S/C27H28FN5O2/c1-16(2)21-13-22-18(15-35-25(22)11-17(21)3)12-26(34)31-10-4-5-24-23(14-29)27(30)33(32-24)20-8-6-19(28)7-9-20/h6-9,11,13,15-16H,4-5,10,12,30H2,1-3H3,(H,31,34). The van der Waals surface area contributed by atoms with E-state index in [1.54, 1.807) is 18.4 Å². The molecule has 0 atom stereocenters. The molecule has 7 nitrogen and oxygen atoms in total. The molecule has 0 unspecified atom stereocenters. The molecule has 0 saturated carbocycles. The Labute approximate surface area is 203 Å². The number of nitrogens with one attached hydrogen (secondary N) is 1. The van der Waals surface area contributed by atoms with E-state index >= 15 is 0 Å². The fraction of sp³-hybridized carbons (Fsp3) is 0.296. The summed E-state index contributed by atoms with van der Waals surface area (Å²) in [7, 11) is 0. The van der Waals surface area contributed by atoms with Crippen molar-refractivity contribution in [3.63, 3.8) is 0 Å². The summed E-state index contributed by atoms with van der Waals surface area (Å²) < 4.78 is 20.3. The van der Waals surface area contributed by atoms with Gasteiger partial charge in [0.1, 0.15) is 28.9 Å². The van der Waals surface area contributed by atoms with Crippen LogP contribution in [0, 0.1) is 24.1 Å². The number of rotatable bonds is 8. The Bertz CT molecular complexity index is 1410. The van der Waals surface area contributed by atoms with Gasteiger partial charge in [-0.3, -0.25) is 4.79 Å². The molecule has 1 amide bonds. The SMILES string of the molecule is Cc1cc2occ(CC(=O)NCCCc3nn(-c4ccc(F)cc4)c(N)c3C#N)c2cc1C(C)C. The number of nitriles is 1. The Balaban J connectivity index is 1.37. The number of nitrogens with two attached hydrogens (primary N) is 1. The molecule has 0 aliphatic carbocycles. The number of furan rings is 1. The average molecular weight is 474 g/mol. The minimum absolute atomic E-state index is 0.101. The Morgan fingerprint density at radius 3 is 2.71 bits per heavy atom. The molecule has 0 aliphatic rings. The number of carbonyl (C=O) groups is 1. The third kappa shape index (κ3) is 5.04. The summed E-state index contributed by atoms with van der Waals surface area (Å²) in [6, 6.07) is 12.0. The summed E-state index contributed by atoms with van der Waals surface area (Å²) in [5, 5.41) is 17.9. The Morgan fingerprint density at radius 1 is 1.29 bits per heavy atom. The number of anilines is 1. The van der Waals surface area contributed by atoms with Gasteiger partial charge < -0.3 is 15.5 Å². The number of hydrogen-bond acceptors (Lipinski definition) is 5. The molecule has 2 aromatic carbocycles. The zero-order valence-electron chi connectivity index (χ0n) is 20.1. The average Bonchev–Trinajstić information content (AvgIpc) is 3.36. The molecule has 8 heteroatoms. The normalized spacial score (nSPS) is 11.2. The van der Waals surface area contributed by atoms with Crippen LogP contribution < -0.4 is 11.1 Å². The van der Waals surface area contributed by atoms with Crippen LogP contribution in [0.15, 0.2) is 47.1 Å². The van der Waals surface area contributed by atoms with Crippen LogP contribution in [0.5, 0.6) is 0 Å². The molecule has 0 spiro atoms. The van der Waals surface area contributed by atoms with E-state index in [1.807, 2.05) is 6.07 Å². The number of aromatic nitrogens is 2. The van der Waals surface area contributed by atoms with E-state index in [2.05, 4.69) is 43.3 Å². The van der Waals surface area contributed by atoms with E-state index in [4.69, 9.17) is 10.2 Å². The van der Waals surface area contributed by atoms with Crippen LogP contribution in [0.4, 0.5) is 10.2 Å². The molecule has 3 N–H and O–H groups in total. The largest absolute Gasteiger partial charge is 0.464 e. The zero-order chi connectivity index (χ0) is 25.1. The minimum Gasteiger partial charge on any atom is -0.464 e. The molecule has 0 bridgehead atoms. The predicted octanol–water partition coefficient (Wildman–Crippen LogP) is 4.93. The number of nitrogens with zero attached hydrogens (tertiary/aromatic N) is 3. The summed E-state index contributed by atoms with van der Waals surface area (Å²) >= 11 is 0. The number of fused-ring (bicyclic) bond motifs is 1. The van der Waals surface area contributed by atoms with E-state index in [1.165, 1.54) is 27.9 Å². The Kier molecular flexibility index (Phi) is 6.87. The first-order chi connectivity index (χ1) is 16.8. The van der Waals surface area contributed by atoms with Crippen LogP contribution in [0.3, 0.4) is 0 Å². The Morgan fingerprint density at radius 2 is 2.03 bits per heavy atom. The third-order valence-electron chi connectivity index (χ3n) is 6.10. The highest BCUT2D eigenvalue weighted by molar-refractivity contribution is 5.88. The van der Waals surface area contributed by atoms with Crippen LogP contribution in [0.25, 0.3) is 16.7 Å². The minimum atomic E-state index is -0.366. The van der Waals surface area contributed by atoms with Gasteiger partial charge in [-0.1, -0.05) is 13.8 Å². The molecule has 4 aromatic rings. The first-order valence-corrected chi connectivity index (χ1v) is 11.6. The van der Waals surface area contributed by atoms with Crippen molar-refractivity contribution < 1.29 is 13.6 Å². The summed E-state index contributed by atoms with van der Waals surface area (Å²) in [6.07, 6.45) is 2.93. The topological polar surface area (TPSA) is 110 Å². The molecule has 2 heterocycles. The van der Waals surface area contributed by atoms with Crippen molar-refractivity contribution in [2.24, 2.45) is 0 Å². The lowest BCUT2D eigenvalue weighted by atomic mass is 9.95. The van der Waals surface area contributed by atoms with Gasteiger partial charge >= 0.3 is 0 Å². The highest BCUT2D eigenvalue weighted by Crippen LogP contribution is 2.29. The number of nitrogen functional groups attached to an aromatic ring is 1. The molecule has 4 rings (SSSR count). The van der Waals surface area contributed by atoms with Gasteiger partial charge in [-0.15, -0.1) is 0 Å². The van der Waals surface area contributed by atoms with Gasteiger partial charge in [0.25, 0.3) is 0 Å². The molecule has 180 valence electrons. The third-order valence-corrected chi connectivity index (χ3v) is 6.10. The van der Waals surface area contributed by atoms with Crippen LogP contribution in [0.1, 0.15) is 54.1 Å². The molecule has 2 aromatic heterocycles. The van der Waals surface area contributed by atoms with E-state index < -0.39 is 0 Å². The number of carbonyl (C=O) groups excluding carboxylic acids is 1. The number of halogens is 1. The first kappa shape index (κ1) is 24.0. The van der Waals surface area contributed by atoms with Gasteiger partial charge in [0, 0.05) is 17.5 Å². The van der Waals surface area contributed by atoms with Crippen LogP contribution in [-0.4, -0.2) is 22.2 Å². The molecule has 0 aliphatic heterocycles. The molecule has 35 heavy (non-hydrogen) atoms. The van der Waals surface area contributed by atoms with Crippen molar-refractivity contribution in [3.05, 3.63) is 76.4 Å². The van der Waals surface area contributed by atoms with Gasteiger partial charge in [0.05, 0.1) is 24.1 Å². The molecule has 0 saturated heterocycles. The lowest BCUT2D eigenvalue weighted by molar-refractivity contribution is -0.120. The van der Waals surface area contributed by atoms with Crippen LogP contribution in [-0.2, 0) is 17.6 Å². The maximum absolute atomic E-state index is 13.2. The van der Waals surface area contributed by atoms with Crippen molar-refractivity contribution in [3.8, 4) is 11.8 Å². The number of benzene rings is 2. The number of amides is 1. The highest BCUT2D eigenvalue weighted by Gasteiger charge is 2.17. The zero-order valence-corrected chi connectivity index (χ0v) is 20.1. The van der Waals surface area contributed by atoms with Gasteiger partial charge in [-0.25, -0.2) is 9.07 Å². The lowest BCUT2D eigenvalue weighted by Gasteiger charge is -2.10. The second-order valence-corrected chi connectivity index (χ2v) is 8.96. The highest BCUT2D eigenvalue weighted by atomic mass is 19.1. The summed E-state index contributed by atoms with van der Waals surface area (Å²) in [5.74, 6) is 0.127. The van der Waals surface area contributed by atoms with Gasteiger partial charge in [0.15, 0.2) is 0 Å². The maximum atomic E-state index is 13.2.